The van der Waals surface area contributed by atoms with Gasteiger partial charge in [0.1, 0.15) is 73.2 Å². The summed E-state index contributed by atoms with van der Waals surface area (Å²) >= 11 is 0. The second-order valence-electron chi connectivity index (χ2n) is 19.3. The molecule has 19 nitrogen and oxygen atoms in total. The zero-order chi connectivity index (χ0) is 52.7. The van der Waals surface area contributed by atoms with Crippen LogP contribution in [-0.2, 0) is 33.2 Å². The molecule has 0 bridgehead atoms. The van der Waals surface area contributed by atoms with Crippen LogP contribution in [0.25, 0.3) is 0 Å². The zero-order valence-electron chi connectivity index (χ0n) is 42.9. The lowest BCUT2D eigenvalue weighted by atomic mass is 9.96. The monoisotopic (exact) mass is 1030 g/mol. The summed E-state index contributed by atoms with van der Waals surface area (Å²) in [6.45, 7) is 1.59. The molecule has 17 unspecified atom stereocenters. The number of aliphatic hydroxyl groups excluding tert-OH is 11. The third-order valence-electron chi connectivity index (χ3n) is 13.4. The molecule has 3 fully saturated rings. The lowest BCUT2D eigenvalue weighted by molar-refractivity contribution is -0.379. The first-order valence-corrected chi connectivity index (χ1v) is 26.9. The van der Waals surface area contributed by atoms with E-state index in [9.17, 15) is 61.0 Å². The Morgan fingerprint density at radius 2 is 0.958 bits per heavy atom. The van der Waals surface area contributed by atoms with Crippen molar-refractivity contribution in [3.05, 3.63) is 48.6 Å². The maximum Gasteiger partial charge on any atom is 0.220 e. The lowest BCUT2D eigenvalue weighted by Gasteiger charge is -2.48. The Morgan fingerprint density at radius 3 is 1.47 bits per heavy atom. The highest BCUT2D eigenvalue weighted by Gasteiger charge is 2.53. The minimum atomic E-state index is -1.98. The average molecular weight is 1030 g/mol. The number of amides is 1. The normalized spacial score (nSPS) is 32.4. The Morgan fingerprint density at radius 1 is 0.514 bits per heavy atom. The molecule has 72 heavy (non-hydrogen) atoms. The van der Waals surface area contributed by atoms with Crippen molar-refractivity contribution in [2.24, 2.45) is 0 Å². The molecule has 0 aromatic carbocycles. The predicted octanol–water partition coefficient (Wildman–Crippen LogP) is 2.75. The molecule has 19 heteroatoms. The second kappa shape index (κ2) is 37.5. The van der Waals surface area contributed by atoms with Gasteiger partial charge in [-0.3, -0.25) is 4.79 Å². The van der Waals surface area contributed by atoms with Gasteiger partial charge in [0.15, 0.2) is 18.9 Å². The van der Waals surface area contributed by atoms with E-state index in [0.29, 0.717) is 19.3 Å². The Balaban J connectivity index is 1.55. The molecule has 0 saturated carbocycles. The molecule has 0 spiro atoms. The highest BCUT2D eigenvalue weighted by molar-refractivity contribution is 5.76. The van der Waals surface area contributed by atoms with Crippen LogP contribution in [0.15, 0.2) is 48.6 Å². The van der Waals surface area contributed by atoms with E-state index in [1.54, 1.807) is 0 Å². The van der Waals surface area contributed by atoms with Gasteiger partial charge in [0.2, 0.25) is 5.91 Å². The molecule has 1 amide bonds. The number of unbranched alkanes of at least 4 members (excludes halogenated alkanes) is 13. The summed E-state index contributed by atoms with van der Waals surface area (Å²) < 4.78 is 34.2. The lowest BCUT2D eigenvalue weighted by Crippen LogP contribution is -2.66. The van der Waals surface area contributed by atoms with Crippen molar-refractivity contribution in [3.63, 3.8) is 0 Å². The number of rotatable bonds is 37. The second-order valence-corrected chi connectivity index (χ2v) is 19.3. The molecule has 17 atom stereocenters. The van der Waals surface area contributed by atoms with Gasteiger partial charge in [-0.2, -0.15) is 0 Å². The Hall–Kier alpha value is -2.25. The van der Waals surface area contributed by atoms with Gasteiger partial charge in [0.25, 0.3) is 0 Å². The number of aliphatic hydroxyl groups is 11. The minimum Gasteiger partial charge on any atom is -0.394 e. The number of allylic oxidation sites excluding steroid dienone is 8. The number of carbonyl (C=O) groups is 1. The van der Waals surface area contributed by atoms with E-state index in [1.165, 1.54) is 51.4 Å². The molecule has 0 radical (unpaired) electrons. The van der Waals surface area contributed by atoms with Gasteiger partial charge in [0, 0.05) is 6.42 Å². The van der Waals surface area contributed by atoms with E-state index < -0.39 is 124 Å². The van der Waals surface area contributed by atoms with Crippen molar-refractivity contribution in [1.82, 2.24) is 5.32 Å². The van der Waals surface area contributed by atoms with E-state index in [-0.39, 0.29) is 18.9 Å². The summed E-state index contributed by atoms with van der Waals surface area (Å²) in [4.78, 5) is 13.2. The van der Waals surface area contributed by atoms with E-state index in [2.05, 4.69) is 67.8 Å². The van der Waals surface area contributed by atoms with E-state index in [4.69, 9.17) is 28.4 Å². The number of ether oxygens (including phenoxy) is 6. The highest BCUT2D eigenvalue weighted by atomic mass is 16.8. The molecular formula is C53H93NO18. The van der Waals surface area contributed by atoms with Crippen LogP contribution in [0.5, 0.6) is 0 Å². The largest absolute Gasteiger partial charge is 0.394 e. The van der Waals surface area contributed by atoms with Crippen LogP contribution in [0, 0.1) is 0 Å². The minimum absolute atomic E-state index is 0.212. The summed E-state index contributed by atoms with van der Waals surface area (Å²) in [6.07, 6.45) is 10.7. The Bertz CT molecular complexity index is 1520. The van der Waals surface area contributed by atoms with Crippen LogP contribution in [0.4, 0.5) is 0 Å². The summed E-state index contributed by atoms with van der Waals surface area (Å²) in [5.74, 6) is -0.287. The number of hydrogen-bond donors (Lipinski definition) is 12. The Labute approximate surface area is 427 Å². The maximum atomic E-state index is 13.2. The molecule has 3 saturated heterocycles. The molecular weight excluding hydrogens is 939 g/mol. The first-order valence-electron chi connectivity index (χ1n) is 26.9. The molecule has 3 heterocycles. The number of nitrogens with one attached hydrogen (secondary N) is 1. The third kappa shape index (κ3) is 22.5. The van der Waals surface area contributed by atoms with Gasteiger partial charge in [-0.1, -0.05) is 140 Å². The topological polar surface area (TPSA) is 307 Å². The van der Waals surface area contributed by atoms with Crippen molar-refractivity contribution < 1.29 is 89.4 Å². The summed E-state index contributed by atoms with van der Waals surface area (Å²) in [5.41, 5.74) is 0. The van der Waals surface area contributed by atoms with E-state index >= 15 is 0 Å². The fourth-order valence-electron chi connectivity index (χ4n) is 8.95. The van der Waals surface area contributed by atoms with E-state index in [1.807, 2.05) is 0 Å². The molecule has 0 aromatic heterocycles. The standard InChI is InChI=1S/C53H93NO18/c1-3-5-7-9-11-13-15-17-18-19-21-23-25-27-29-31-41(59)54-36(37(58)30-28-26-24-22-20-16-14-12-10-8-6-4-2)35-67-51-47(65)44(62)49(39(33-56)69-51)72-53-48(66)45(63)50(40(34-57)70-53)71-52-46(64)43(61)42(60)38(32-55)68-52/h5,7,11,13,17-18,21,23,36-40,42-53,55-58,60-66H,3-4,6,8-10,12,14-16,19-20,22,24-35H2,1-2H3,(H,54,59)/b7-5-,13-11-,18-17-,23-21-. The highest BCUT2D eigenvalue weighted by Crippen LogP contribution is 2.33. The molecule has 3 aliphatic rings. The van der Waals surface area contributed by atoms with Crippen molar-refractivity contribution in [2.45, 2.75) is 253 Å². The van der Waals surface area contributed by atoms with Gasteiger partial charge in [-0.05, 0) is 51.4 Å². The summed E-state index contributed by atoms with van der Waals surface area (Å²) in [7, 11) is 0. The van der Waals surface area contributed by atoms with Gasteiger partial charge in [-0.25, -0.2) is 0 Å². The smallest absolute Gasteiger partial charge is 0.220 e. The van der Waals surface area contributed by atoms with Crippen LogP contribution in [-0.4, -0.2) is 193 Å². The van der Waals surface area contributed by atoms with E-state index in [0.717, 1.165) is 57.8 Å². The zero-order valence-corrected chi connectivity index (χ0v) is 42.9. The SMILES string of the molecule is CC/C=C\C/C=C\C/C=C\C/C=C\CCCCC(=O)NC(COC1OC(CO)C(OC2OC(CO)C(OC3OC(CO)C(O)C(O)C3O)C(O)C2O)C(O)C1O)C(O)CCCCCCCCCCCCCC. The molecule has 12 N–H and O–H groups in total. The summed E-state index contributed by atoms with van der Waals surface area (Å²) in [5, 5.41) is 120. The first kappa shape index (κ1) is 64.0. The summed E-state index contributed by atoms with van der Waals surface area (Å²) in [6, 6.07) is -0.908. The maximum absolute atomic E-state index is 13.2. The van der Waals surface area contributed by atoms with Crippen LogP contribution in [0.1, 0.15) is 149 Å². The fourth-order valence-corrected chi connectivity index (χ4v) is 8.95. The molecule has 0 aliphatic carbocycles. The average Bonchev–Trinajstić information content (AvgIpc) is 3.37. The molecule has 3 rings (SSSR count). The van der Waals surface area contributed by atoms with Crippen molar-refractivity contribution in [1.29, 1.82) is 0 Å². The van der Waals surface area contributed by atoms with Gasteiger partial charge >= 0.3 is 0 Å². The van der Waals surface area contributed by atoms with Crippen molar-refractivity contribution >= 4 is 5.91 Å². The fraction of sp³-hybridized carbons (Fsp3) is 0.830. The molecule has 3 aliphatic heterocycles. The quantitative estimate of drug-likeness (QED) is 0.0315. The van der Waals surface area contributed by atoms with Gasteiger partial charge in [0.05, 0.1) is 38.6 Å². The predicted molar refractivity (Wildman–Crippen MR) is 268 cm³/mol. The molecule has 418 valence electrons. The van der Waals surface area contributed by atoms with Gasteiger partial charge in [-0.15, -0.1) is 0 Å². The van der Waals surface area contributed by atoms with Crippen molar-refractivity contribution in [3.8, 4) is 0 Å². The Kier molecular flexibility index (Phi) is 33.3. The molecule has 0 aromatic rings. The van der Waals surface area contributed by atoms with Crippen LogP contribution >= 0.6 is 0 Å². The number of carbonyl (C=O) groups excluding carboxylic acids is 1. The first-order chi connectivity index (χ1) is 34.8. The van der Waals surface area contributed by atoms with Crippen LogP contribution < -0.4 is 5.32 Å². The van der Waals surface area contributed by atoms with Crippen LogP contribution in [0.2, 0.25) is 0 Å². The number of hydrogen-bond acceptors (Lipinski definition) is 18. The van der Waals surface area contributed by atoms with Gasteiger partial charge < -0.3 is 89.9 Å². The van der Waals surface area contributed by atoms with Crippen LogP contribution in [0.3, 0.4) is 0 Å². The van der Waals surface area contributed by atoms with Crippen molar-refractivity contribution in [2.75, 3.05) is 26.4 Å². The third-order valence-corrected chi connectivity index (χ3v) is 13.4.